The summed E-state index contributed by atoms with van der Waals surface area (Å²) in [6.07, 6.45) is 0. The first-order valence-electron chi connectivity index (χ1n) is 6.53. The Kier molecular flexibility index (Phi) is 5.44. The average molecular weight is 352 g/mol. The number of methoxy groups -OCH3 is 2. The lowest BCUT2D eigenvalue weighted by atomic mass is 10.2. The first kappa shape index (κ1) is 15.6. The van der Waals surface area contributed by atoms with Gasteiger partial charge in [-0.3, -0.25) is 4.98 Å². The Balaban J connectivity index is 2.14. The number of alkyl halides is 1. The topological polar surface area (TPSA) is 40.6 Å². The van der Waals surface area contributed by atoms with Crippen LogP contribution in [0, 0.1) is 6.92 Å². The summed E-state index contributed by atoms with van der Waals surface area (Å²) in [7, 11) is 3.29. The summed E-state index contributed by atoms with van der Waals surface area (Å²) in [5.41, 5.74) is 2.78. The van der Waals surface area contributed by atoms with E-state index in [0.717, 1.165) is 34.2 Å². The van der Waals surface area contributed by atoms with E-state index in [4.69, 9.17) is 14.2 Å². The van der Waals surface area contributed by atoms with E-state index in [1.165, 1.54) is 0 Å². The zero-order chi connectivity index (χ0) is 15.2. The van der Waals surface area contributed by atoms with E-state index in [2.05, 4.69) is 20.9 Å². The van der Waals surface area contributed by atoms with Gasteiger partial charge in [-0.1, -0.05) is 15.9 Å². The lowest BCUT2D eigenvalue weighted by Gasteiger charge is -2.12. The molecule has 0 N–H and O–H groups in total. The minimum atomic E-state index is 0.393. The number of pyridine rings is 1. The van der Waals surface area contributed by atoms with E-state index in [-0.39, 0.29) is 0 Å². The molecule has 5 heteroatoms. The monoisotopic (exact) mass is 351 g/mol. The number of aromatic nitrogens is 1. The predicted octanol–water partition coefficient (Wildman–Crippen LogP) is 3.88. The Morgan fingerprint density at radius 1 is 1.05 bits per heavy atom. The third-order valence-electron chi connectivity index (χ3n) is 3.00. The zero-order valence-electron chi connectivity index (χ0n) is 12.4. The fraction of sp³-hybridized carbons (Fsp3) is 0.312. The van der Waals surface area contributed by atoms with Crippen LogP contribution in [0.15, 0.2) is 30.3 Å². The summed E-state index contributed by atoms with van der Waals surface area (Å²) in [6, 6.07) is 9.51. The summed E-state index contributed by atoms with van der Waals surface area (Å²) in [6.45, 7) is 2.33. The number of halogens is 1. The molecule has 2 rings (SSSR count). The molecule has 0 aliphatic heterocycles. The van der Waals surface area contributed by atoms with Crippen molar-refractivity contribution in [3.63, 3.8) is 0 Å². The normalized spacial score (nSPS) is 10.3. The van der Waals surface area contributed by atoms with Crippen molar-refractivity contribution < 1.29 is 14.2 Å². The zero-order valence-corrected chi connectivity index (χ0v) is 13.9. The van der Waals surface area contributed by atoms with Crippen LogP contribution >= 0.6 is 15.9 Å². The van der Waals surface area contributed by atoms with Gasteiger partial charge in [-0.05, 0) is 25.1 Å². The van der Waals surface area contributed by atoms with Gasteiger partial charge >= 0.3 is 0 Å². The highest BCUT2D eigenvalue weighted by Gasteiger charge is 2.07. The molecule has 112 valence electrons. The van der Waals surface area contributed by atoms with Gasteiger partial charge in [0.2, 0.25) is 0 Å². The molecule has 0 atom stereocenters. The minimum absolute atomic E-state index is 0.393. The number of ether oxygens (including phenoxy) is 3. The van der Waals surface area contributed by atoms with Crippen LogP contribution < -0.4 is 14.2 Å². The Morgan fingerprint density at radius 3 is 2.48 bits per heavy atom. The van der Waals surface area contributed by atoms with Crippen LogP contribution in [0.3, 0.4) is 0 Å². The third-order valence-corrected chi connectivity index (χ3v) is 3.61. The van der Waals surface area contributed by atoms with Crippen LogP contribution in [0.5, 0.6) is 17.2 Å². The van der Waals surface area contributed by atoms with Crippen molar-refractivity contribution in [2.75, 3.05) is 14.2 Å². The predicted molar refractivity (Wildman–Crippen MR) is 85.5 cm³/mol. The molecule has 0 spiro atoms. The first-order chi connectivity index (χ1) is 10.2. The van der Waals surface area contributed by atoms with E-state index in [0.29, 0.717) is 11.9 Å². The van der Waals surface area contributed by atoms with Gasteiger partial charge in [0.15, 0.2) is 0 Å². The van der Waals surface area contributed by atoms with Crippen LogP contribution in [0.1, 0.15) is 17.0 Å². The van der Waals surface area contributed by atoms with Gasteiger partial charge in [-0.2, -0.15) is 0 Å². The minimum Gasteiger partial charge on any atom is -0.497 e. The van der Waals surface area contributed by atoms with Crippen LogP contribution in [0.4, 0.5) is 0 Å². The Hall–Kier alpha value is -1.75. The maximum atomic E-state index is 5.86. The maximum Gasteiger partial charge on any atom is 0.130 e. The molecule has 0 fully saturated rings. The van der Waals surface area contributed by atoms with Crippen molar-refractivity contribution in [1.29, 1.82) is 0 Å². The quantitative estimate of drug-likeness (QED) is 0.740. The van der Waals surface area contributed by atoms with E-state index < -0.39 is 0 Å². The van der Waals surface area contributed by atoms with Crippen molar-refractivity contribution >= 4 is 15.9 Å². The second-order valence-corrected chi connectivity index (χ2v) is 5.10. The number of benzene rings is 1. The van der Waals surface area contributed by atoms with E-state index in [9.17, 15) is 0 Å². The first-order valence-corrected chi connectivity index (χ1v) is 7.65. The molecule has 1 heterocycles. The van der Waals surface area contributed by atoms with Gasteiger partial charge in [0.1, 0.15) is 23.9 Å². The molecule has 0 saturated heterocycles. The van der Waals surface area contributed by atoms with Gasteiger partial charge in [0.25, 0.3) is 0 Å². The summed E-state index contributed by atoms with van der Waals surface area (Å²) >= 11 is 3.46. The lowest BCUT2D eigenvalue weighted by Crippen LogP contribution is -2.02. The Bertz CT molecular complexity index is 616. The van der Waals surface area contributed by atoms with Gasteiger partial charge < -0.3 is 14.2 Å². The average Bonchev–Trinajstić information content (AvgIpc) is 2.52. The third kappa shape index (κ3) is 4.11. The van der Waals surface area contributed by atoms with Crippen LogP contribution in [-0.2, 0) is 11.9 Å². The van der Waals surface area contributed by atoms with Crippen LogP contribution in [0.25, 0.3) is 0 Å². The molecule has 0 bridgehead atoms. The second kappa shape index (κ2) is 7.31. The van der Waals surface area contributed by atoms with Gasteiger partial charge in [-0.25, -0.2) is 0 Å². The Morgan fingerprint density at radius 2 is 1.81 bits per heavy atom. The standard InChI is InChI=1S/C16H18BrNO3/c1-11-6-15(20-3)8-13(18-11)10-21-16-5-4-14(19-2)7-12(16)9-17/h4-8H,9-10H2,1-3H3. The molecular weight excluding hydrogens is 334 g/mol. The number of hydrogen-bond acceptors (Lipinski definition) is 4. The molecule has 21 heavy (non-hydrogen) atoms. The Labute approximate surface area is 133 Å². The van der Waals surface area contributed by atoms with Crippen molar-refractivity contribution in [3.05, 3.63) is 47.3 Å². The maximum absolute atomic E-state index is 5.86. The molecule has 0 saturated carbocycles. The molecular formula is C16H18BrNO3. The number of nitrogens with zero attached hydrogens (tertiary/aromatic N) is 1. The molecule has 1 aromatic heterocycles. The molecule has 0 aliphatic carbocycles. The number of hydrogen-bond donors (Lipinski definition) is 0. The van der Waals surface area contributed by atoms with E-state index >= 15 is 0 Å². The van der Waals surface area contributed by atoms with Crippen LogP contribution in [-0.4, -0.2) is 19.2 Å². The summed E-state index contributed by atoms with van der Waals surface area (Å²) in [5, 5.41) is 0.699. The SMILES string of the molecule is COc1cc(C)nc(COc2ccc(OC)cc2CBr)c1. The van der Waals surface area contributed by atoms with E-state index in [1.807, 2.05) is 37.3 Å². The van der Waals surface area contributed by atoms with Crippen LogP contribution in [0.2, 0.25) is 0 Å². The van der Waals surface area contributed by atoms with Crippen molar-refractivity contribution in [2.24, 2.45) is 0 Å². The molecule has 0 amide bonds. The largest absolute Gasteiger partial charge is 0.497 e. The lowest BCUT2D eigenvalue weighted by molar-refractivity contribution is 0.297. The highest BCUT2D eigenvalue weighted by Crippen LogP contribution is 2.27. The molecule has 0 unspecified atom stereocenters. The molecule has 1 aromatic carbocycles. The van der Waals surface area contributed by atoms with Gasteiger partial charge in [0, 0.05) is 28.7 Å². The van der Waals surface area contributed by atoms with Crippen molar-refractivity contribution in [2.45, 2.75) is 18.9 Å². The number of aryl methyl sites for hydroxylation is 1. The molecule has 0 radical (unpaired) electrons. The fourth-order valence-corrected chi connectivity index (χ4v) is 2.41. The van der Waals surface area contributed by atoms with Gasteiger partial charge in [0.05, 0.1) is 19.9 Å². The van der Waals surface area contributed by atoms with Crippen molar-refractivity contribution in [3.8, 4) is 17.2 Å². The molecule has 0 aliphatic rings. The van der Waals surface area contributed by atoms with Crippen molar-refractivity contribution in [1.82, 2.24) is 4.98 Å². The molecule has 4 nitrogen and oxygen atoms in total. The summed E-state index contributed by atoms with van der Waals surface area (Å²) in [5.74, 6) is 2.42. The smallest absolute Gasteiger partial charge is 0.130 e. The second-order valence-electron chi connectivity index (χ2n) is 4.54. The van der Waals surface area contributed by atoms with Gasteiger partial charge in [-0.15, -0.1) is 0 Å². The summed E-state index contributed by atoms with van der Waals surface area (Å²) in [4.78, 5) is 4.44. The highest BCUT2D eigenvalue weighted by molar-refractivity contribution is 9.08. The summed E-state index contributed by atoms with van der Waals surface area (Å²) < 4.78 is 16.3. The molecule has 2 aromatic rings. The number of rotatable bonds is 6. The van der Waals surface area contributed by atoms with E-state index in [1.54, 1.807) is 14.2 Å². The highest BCUT2D eigenvalue weighted by atomic mass is 79.9. The fourth-order valence-electron chi connectivity index (χ4n) is 1.97.